The lowest BCUT2D eigenvalue weighted by Gasteiger charge is -2.26. The third-order valence-electron chi connectivity index (χ3n) is 10.9. The van der Waals surface area contributed by atoms with Crippen LogP contribution >= 0.6 is 11.3 Å². The highest BCUT2D eigenvalue weighted by atomic mass is 32.1. The fraction of sp³-hybridized carbons (Fsp3) is 0. The Balaban J connectivity index is 1.08. The van der Waals surface area contributed by atoms with Crippen LogP contribution in [0.3, 0.4) is 0 Å². The average Bonchev–Trinajstić information content (AvgIpc) is 3.83. The summed E-state index contributed by atoms with van der Waals surface area (Å²) in [5, 5.41) is 7.24. The zero-order chi connectivity index (χ0) is 36.3. The van der Waals surface area contributed by atoms with Crippen LogP contribution in [0.2, 0.25) is 0 Å². The molecule has 2 heterocycles. The minimum absolute atomic E-state index is 0.862. The Kier molecular flexibility index (Phi) is 7.39. The maximum Gasteiger partial charge on any atom is 0.160 e. The zero-order valence-electron chi connectivity index (χ0n) is 29.8. The highest BCUT2D eigenvalue weighted by Gasteiger charge is 2.22. The quantitative estimate of drug-likeness (QED) is 0.170. The van der Waals surface area contributed by atoms with Gasteiger partial charge in [0.2, 0.25) is 0 Å². The Labute approximate surface area is 322 Å². The highest BCUT2D eigenvalue weighted by Crippen LogP contribution is 2.46. The van der Waals surface area contributed by atoms with Crippen molar-refractivity contribution >= 4 is 81.3 Å². The van der Waals surface area contributed by atoms with Crippen LogP contribution in [-0.2, 0) is 0 Å². The van der Waals surface area contributed by atoms with Gasteiger partial charge in [0.25, 0.3) is 0 Å². The predicted octanol–water partition coefficient (Wildman–Crippen LogP) is 15.6. The summed E-state index contributed by atoms with van der Waals surface area (Å²) < 4.78 is 9.47. The Morgan fingerprint density at radius 2 is 0.982 bits per heavy atom. The van der Waals surface area contributed by atoms with Gasteiger partial charge in [0.15, 0.2) is 5.58 Å². The van der Waals surface area contributed by atoms with E-state index >= 15 is 0 Å². The van der Waals surface area contributed by atoms with E-state index in [9.17, 15) is 0 Å². The second kappa shape index (κ2) is 12.9. The Morgan fingerprint density at radius 3 is 1.82 bits per heavy atom. The lowest BCUT2D eigenvalue weighted by molar-refractivity contribution is 0.669. The second-order valence-electron chi connectivity index (χ2n) is 14.1. The first-order valence-electron chi connectivity index (χ1n) is 18.7. The fourth-order valence-corrected chi connectivity index (χ4v) is 9.31. The molecule has 0 saturated heterocycles. The van der Waals surface area contributed by atoms with Crippen LogP contribution < -0.4 is 4.90 Å². The van der Waals surface area contributed by atoms with Crippen LogP contribution in [0.15, 0.2) is 205 Å². The molecule has 0 atom stereocenters. The third-order valence-corrected chi connectivity index (χ3v) is 12.0. The van der Waals surface area contributed by atoms with E-state index in [4.69, 9.17) is 4.42 Å². The summed E-state index contributed by atoms with van der Waals surface area (Å²) in [5.41, 5.74) is 12.0. The number of thiophene rings is 1. The monoisotopic (exact) mass is 719 g/mol. The molecule has 55 heavy (non-hydrogen) atoms. The van der Waals surface area contributed by atoms with Gasteiger partial charge in [-0.3, -0.25) is 0 Å². The molecule has 0 aliphatic rings. The number of benzene rings is 9. The summed E-state index contributed by atoms with van der Waals surface area (Å²) in [5.74, 6) is 0. The predicted molar refractivity (Wildman–Crippen MR) is 235 cm³/mol. The van der Waals surface area contributed by atoms with E-state index in [2.05, 4.69) is 199 Å². The van der Waals surface area contributed by atoms with E-state index in [0.29, 0.717) is 0 Å². The smallest absolute Gasteiger partial charge is 0.160 e. The van der Waals surface area contributed by atoms with E-state index in [-0.39, 0.29) is 0 Å². The number of rotatable bonds is 6. The Hall–Kier alpha value is -6.94. The van der Waals surface area contributed by atoms with E-state index in [1.165, 1.54) is 53.2 Å². The van der Waals surface area contributed by atoms with Crippen molar-refractivity contribution in [3.8, 4) is 33.4 Å². The van der Waals surface area contributed by atoms with Crippen LogP contribution in [0.25, 0.3) is 86.3 Å². The molecule has 0 aliphatic heterocycles. The first-order chi connectivity index (χ1) is 27.2. The molecule has 3 heteroatoms. The molecule has 11 aromatic rings. The van der Waals surface area contributed by atoms with Gasteiger partial charge in [0, 0.05) is 42.3 Å². The number of hydrogen-bond donors (Lipinski definition) is 0. The topological polar surface area (TPSA) is 16.4 Å². The SMILES string of the molecule is c1ccc(-c2ccc3cc(N(c4ccc(-c5ccc6c(c5)sc5ccccc56)cc4)c4ccc(-c5ccccc5)c5c4oc4ccccc45)ccc3c2)cc1. The first kappa shape index (κ1) is 31.6. The second-order valence-corrected chi connectivity index (χ2v) is 15.2. The van der Waals surface area contributed by atoms with Gasteiger partial charge in [0.1, 0.15) is 5.58 Å². The van der Waals surface area contributed by atoms with Crippen LogP contribution in [-0.4, -0.2) is 0 Å². The third kappa shape index (κ3) is 5.40. The summed E-state index contributed by atoms with van der Waals surface area (Å²) >= 11 is 1.86. The van der Waals surface area contributed by atoms with Crippen molar-refractivity contribution in [1.82, 2.24) is 0 Å². The van der Waals surface area contributed by atoms with Crippen molar-refractivity contribution in [2.45, 2.75) is 0 Å². The molecule has 0 fully saturated rings. The van der Waals surface area contributed by atoms with Crippen molar-refractivity contribution < 1.29 is 4.42 Å². The van der Waals surface area contributed by atoms with Crippen LogP contribution in [0.5, 0.6) is 0 Å². The number of nitrogens with zero attached hydrogens (tertiary/aromatic N) is 1. The lowest BCUT2D eigenvalue weighted by atomic mass is 9.97. The number of hydrogen-bond acceptors (Lipinski definition) is 3. The Morgan fingerprint density at radius 1 is 0.382 bits per heavy atom. The molecule has 2 aromatic heterocycles. The standard InChI is InChI=1S/C52H33NOS/c1-3-11-34(12-4-1)37-19-20-39-32-42(27-23-38(39)31-37)53(41-25-21-35(22-26-41)40-24-28-45-44-15-8-10-18-49(44)55-50(45)33-40)47-30-29-43(36-13-5-2-6-14-36)51-46-16-7-9-17-48(46)54-52(47)51/h1-33H. The van der Waals surface area contributed by atoms with Crippen LogP contribution in [0.4, 0.5) is 17.1 Å². The van der Waals surface area contributed by atoms with E-state index in [0.717, 1.165) is 50.1 Å². The summed E-state index contributed by atoms with van der Waals surface area (Å²) in [6, 6.07) is 72.1. The summed E-state index contributed by atoms with van der Waals surface area (Å²) in [6.07, 6.45) is 0. The number of furan rings is 1. The molecule has 0 unspecified atom stereocenters. The van der Waals surface area contributed by atoms with Crippen molar-refractivity contribution in [1.29, 1.82) is 0 Å². The minimum Gasteiger partial charge on any atom is -0.454 e. The molecular formula is C52H33NOS. The van der Waals surface area contributed by atoms with Gasteiger partial charge >= 0.3 is 0 Å². The fourth-order valence-electron chi connectivity index (χ4n) is 8.17. The van der Waals surface area contributed by atoms with Crippen LogP contribution in [0, 0.1) is 0 Å². The molecular weight excluding hydrogens is 687 g/mol. The minimum atomic E-state index is 0.862. The Bertz CT molecular complexity index is 3190. The lowest BCUT2D eigenvalue weighted by Crippen LogP contribution is -2.10. The molecule has 0 radical (unpaired) electrons. The van der Waals surface area contributed by atoms with Crippen LogP contribution in [0.1, 0.15) is 0 Å². The molecule has 0 saturated carbocycles. The van der Waals surface area contributed by atoms with Gasteiger partial charge in [-0.1, -0.05) is 146 Å². The summed E-state index contributed by atoms with van der Waals surface area (Å²) in [4.78, 5) is 2.35. The summed E-state index contributed by atoms with van der Waals surface area (Å²) in [7, 11) is 0. The first-order valence-corrected chi connectivity index (χ1v) is 19.5. The van der Waals surface area contributed by atoms with Crippen molar-refractivity contribution in [2.75, 3.05) is 4.90 Å². The molecule has 0 N–H and O–H groups in total. The molecule has 0 aliphatic carbocycles. The normalized spacial score (nSPS) is 11.6. The maximum absolute atomic E-state index is 6.84. The van der Waals surface area contributed by atoms with Crippen molar-refractivity contribution in [2.24, 2.45) is 0 Å². The van der Waals surface area contributed by atoms with E-state index in [1.54, 1.807) is 0 Å². The van der Waals surface area contributed by atoms with Gasteiger partial charge in [-0.2, -0.15) is 0 Å². The number of para-hydroxylation sites is 1. The van der Waals surface area contributed by atoms with Gasteiger partial charge < -0.3 is 9.32 Å². The van der Waals surface area contributed by atoms with Gasteiger partial charge in [-0.15, -0.1) is 11.3 Å². The van der Waals surface area contributed by atoms with E-state index in [1.807, 2.05) is 17.4 Å². The molecule has 0 bridgehead atoms. The average molecular weight is 720 g/mol. The molecule has 258 valence electrons. The summed E-state index contributed by atoms with van der Waals surface area (Å²) in [6.45, 7) is 0. The molecule has 11 rings (SSSR count). The van der Waals surface area contributed by atoms with Gasteiger partial charge in [-0.25, -0.2) is 0 Å². The highest BCUT2D eigenvalue weighted by molar-refractivity contribution is 7.25. The molecule has 0 amide bonds. The molecule has 0 spiro atoms. The van der Waals surface area contributed by atoms with E-state index < -0.39 is 0 Å². The van der Waals surface area contributed by atoms with Crippen molar-refractivity contribution in [3.63, 3.8) is 0 Å². The largest absolute Gasteiger partial charge is 0.454 e. The molecule has 2 nitrogen and oxygen atoms in total. The number of anilines is 3. The molecule has 9 aromatic carbocycles. The van der Waals surface area contributed by atoms with Gasteiger partial charge in [-0.05, 0) is 98.8 Å². The van der Waals surface area contributed by atoms with Gasteiger partial charge in [0.05, 0.1) is 5.69 Å². The number of fused-ring (bicyclic) bond motifs is 7. The van der Waals surface area contributed by atoms with Crippen molar-refractivity contribution in [3.05, 3.63) is 200 Å². The zero-order valence-corrected chi connectivity index (χ0v) is 30.6. The maximum atomic E-state index is 6.84.